The Hall–Kier alpha value is -0.860. The Bertz CT molecular complexity index is 463. The van der Waals surface area contributed by atoms with E-state index in [2.05, 4.69) is 22.0 Å². The summed E-state index contributed by atoms with van der Waals surface area (Å²) in [5.41, 5.74) is 5.76. The molecular formula is C17H36N4O3S. The van der Waals surface area contributed by atoms with Gasteiger partial charge in [0.25, 0.3) is 0 Å². The third-order valence-electron chi connectivity index (χ3n) is 4.28. The first-order chi connectivity index (χ1) is 12.0. The van der Waals surface area contributed by atoms with E-state index >= 15 is 0 Å². The summed E-state index contributed by atoms with van der Waals surface area (Å²) < 4.78 is 32.0. The van der Waals surface area contributed by atoms with Gasteiger partial charge in [-0.25, -0.2) is 13.1 Å². The molecule has 1 aliphatic heterocycles. The molecule has 0 spiro atoms. The molecule has 0 saturated carbocycles. The minimum absolute atomic E-state index is 0.000410. The lowest BCUT2D eigenvalue weighted by Crippen LogP contribution is -2.40. The van der Waals surface area contributed by atoms with E-state index in [4.69, 9.17) is 10.5 Å². The summed E-state index contributed by atoms with van der Waals surface area (Å²) in [6.07, 6.45) is 10.3. The van der Waals surface area contributed by atoms with Gasteiger partial charge in [0, 0.05) is 26.2 Å². The molecule has 1 saturated heterocycles. The first-order valence-corrected chi connectivity index (χ1v) is 11.3. The van der Waals surface area contributed by atoms with E-state index in [9.17, 15) is 8.42 Å². The van der Waals surface area contributed by atoms with Crippen molar-refractivity contribution < 1.29 is 13.2 Å². The monoisotopic (exact) mass is 376 g/mol. The van der Waals surface area contributed by atoms with Crippen LogP contribution in [0, 0.1) is 0 Å². The Balaban J connectivity index is 2.07. The standard InChI is InChI=1S/C17H36N4O3S/c1-2-3-4-5-6-8-11-19-17(18)20-12-14-25(22,23)21-15-16-10-7-9-13-24-16/h16,21H,2-15H2,1H3,(H3,18,19,20). The van der Waals surface area contributed by atoms with E-state index in [0.717, 1.165) is 38.7 Å². The number of ether oxygens (including phenoxy) is 1. The number of nitrogens with one attached hydrogen (secondary N) is 2. The topological polar surface area (TPSA) is 106 Å². The molecule has 1 fully saturated rings. The molecule has 0 bridgehead atoms. The maximum Gasteiger partial charge on any atom is 0.213 e. The largest absolute Gasteiger partial charge is 0.377 e. The van der Waals surface area contributed by atoms with E-state index in [0.29, 0.717) is 19.0 Å². The van der Waals surface area contributed by atoms with Gasteiger partial charge in [-0.1, -0.05) is 39.0 Å². The first kappa shape index (κ1) is 22.2. The molecule has 8 heteroatoms. The third-order valence-corrected chi connectivity index (χ3v) is 5.62. The molecule has 25 heavy (non-hydrogen) atoms. The fraction of sp³-hybridized carbons (Fsp3) is 0.941. The normalized spacial score (nSPS) is 19.1. The Morgan fingerprint density at radius 1 is 1.20 bits per heavy atom. The molecule has 0 amide bonds. The summed E-state index contributed by atoms with van der Waals surface area (Å²) in [4.78, 5) is 4.23. The van der Waals surface area contributed by atoms with Crippen molar-refractivity contribution in [3.05, 3.63) is 0 Å². The van der Waals surface area contributed by atoms with Crippen LogP contribution in [0.2, 0.25) is 0 Å². The van der Waals surface area contributed by atoms with Crippen molar-refractivity contribution in [1.29, 1.82) is 0 Å². The number of sulfonamides is 1. The Morgan fingerprint density at radius 3 is 2.68 bits per heavy atom. The fourth-order valence-corrected chi connectivity index (χ4v) is 3.68. The van der Waals surface area contributed by atoms with E-state index in [1.807, 2.05) is 0 Å². The van der Waals surface area contributed by atoms with Crippen molar-refractivity contribution in [2.24, 2.45) is 10.7 Å². The summed E-state index contributed by atoms with van der Waals surface area (Å²) >= 11 is 0. The van der Waals surface area contributed by atoms with Gasteiger partial charge in [-0.15, -0.1) is 0 Å². The van der Waals surface area contributed by atoms with Crippen molar-refractivity contribution in [3.63, 3.8) is 0 Å². The molecule has 7 nitrogen and oxygen atoms in total. The molecule has 1 heterocycles. The summed E-state index contributed by atoms with van der Waals surface area (Å²) in [6.45, 7) is 4.22. The minimum Gasteiger partial charge on any atom is -0.377 e. The van der Waals surface area contributed by atoms with Gasteiger partial charge in [-0.3, -0.25) is 4.99 Å². The van der Waals surface area contributed by atoms with Crippen LogP contribution in [0.5, 0.6) is 0 Å². The van der Waals surface area contributed by atoms with Crippen LogP contribution >= 0.6 is 0 Å². The van der Waals surface area contributed by atoms with Crippen LogP contribution < -0.4 is 15.8 Å². The predicted octanol–water partition coefficient (Wildman–Crippen LogP) is 1.74. The maximum atomic E-state index is 12.0. The van der Waals surface area contributed by atoms with Gasteiger partial charge in [0.05, 0.1) is 11.9 Å². The van der Waals surface area contributed by atoms with Crippen molar-refractivity contribution >= 4 is 16.0 Å². The number of nitrogens with two attached hydrogens (primary N) is 1. The van der Waals surface area contributed by atoms with Crippen LogP contribution in [-0.4, -0.2) is 52.5 Å². The van der Waals surface area contributed by atoms with Crippen molar-refractivity contribution in [1.82, 2.24) is 10.0 Å². The minimum atomic E-state index is -3.32. The van der Waals surface area contributed by atoms with Gasteiger partial charge >= 0.3 is 0 Å². The van der Waals surface area contributed by atoms with Crippen LogP contribution in [-0.2, 0) is 14.8 Å². The Labute approximate surface area is 153 Å². The van der Waals surface area contributed by atoms with Crippen molar-refractivity contribution in [2.75, 3.05) is 32.0 Å². The van der Waals surface area contributed by atoms with Crippen LogP contribution in [0.15, 0.2) is 4.99 Å². The second-order valence-electron chi connectivity index (χ2n) is 6.62. The highest BCUT2D eigenvalue weighted by atomic mass is 32.2. The molecule has 148 valence electrons. The summed E-state index contributed by atoms with van der Waals surface area (Å²) in [7, 11) is -3.32. The number of guanidine groups is 1. The third kappa shape index (κ3) is 12.2. The van der Waals surface area contributed by atoms with Gasteiger partial charge in [0.15, 0.2) is 5.96 Å². The van der Waals surface area contributed by atoms with E-state index in [1.54, 1.807) is 0 Å². The van der Waals surface area contributed by atoms with Crippen LogP contribution in [0.3, 0.4) is 0 Å². The first-order valence-electron chi connectivity index (χ1n) is 9.66. The highest BCUT2D eigenvalue weighted by molar-refractivity contribution is 7.89. The number of rotatable bonds is 13. The highest BCUT2D eigenvalue weighted by Crippen LogP contribution is 2.11. The van der Waals surface area contributed by atoms with E-state index < -0.39 is 10.0 Å². The second-order valence-corrected chi connectivity index (χ2v) is 8.54. The van der Waals surface area contributed by atoms with E-state index in [1.165, 1.54) is 25.7 Å². The van der Waals surface area contributed by atoms with Crippen molar-refractivity contribution in [2.45, 2.75) is 70.8 Å². The summed E-state index contributed by atoms with van der Waals surface area (Å²) in [5.74, 6) is 0.298. The summed E-state index contributed by atoms with van der Waals surface area (Å²) in [5, 5.41) is 2.87. The maximum absolute atomic E-state index is 12.0. The number of hydrogen-bond acceptors (Lipinski definition) is 4. The van der Waals surface area contributed by atoms with Crippen LogP contribution in [0.25, 0.3) is 0 Å². The average Bonchev–Trinajstić information content (AvgIpc) is 2.60. The molecule has 0 aromatic heterocycles. The van der Waals surface area contributed by atoms with Gasteiger partial charge < -0.3 is 15.8 Å². The zero-order chi connectivity index (χ0) is 18.4. The Kier molecular flexibility index (Phi) is 11.9. The molecule has 0 aromatic carbocycles. The number of unbranched alkanes of at least 4 members (excludes halogenated alkanes) is 5. The second kappa shape index (κ2) is 13.4. The zero-order valence-electron chi connectivity index (χ0n) is 15.6. The average molecular weight is 377 g/mol. The lowest BCUT2D eigenvalue weighted by Gasteiger charge is -2.22. The summed E-state index contributed by atoms with van der Waals surface area (Å²) in [6, 6.07) is 0. The molecule has 1 atom stereocenters. The number of nitrogens with zero attached hydrogens (tertiary/aromatic N) is 1. The molecule has 1 aliphatic rings. The molecule has 1 unspecified atom stereocenters. The molecule has 1 rings (SSSR count). The van der Waals surface area contributed by atoms with Gasteiger partial charge in [-0.05, 0) is 25.7 Å². The zero-order valence-corrected chi connectivity index (χ0v) is 16.5. The van der Waals surface area contributed by atoms with Gasteiger partial charge in [-0.2, -0.15) is 0 Å². The number of aliphatic imine (C=N–C) groups is 1. The smallest absolute Gasteiger partial charge is 0.213 e. The lowest BCUT2D eigenvalue weighted by atomic mass is 10.1. The molecule has 0 radical (unpaired) electrons. The number of hydrogen-bond donors (Lipinski definition) is 3. The van der Waals surface area contributed by atoms with Gasteiger partial charge in [0.2, 0.25) is 10.0 Å². The van der Waals surface area contributed by atoms with Gasteiger partial charge in [0.1, 0.15) is 0 Å². The molecule has 0 aliphatic carbocycles. The fourth-order valence-electron chi connectivity index (χ4n) is 2.72. The van der Waals surface area contributed by atoms with E-state index in [-0.39, 0.29) is 18.4 Å². The Morgan fingerprint density at radius 2 is 1.96 bits per heavy atom. The molecule has 0 aromatic rings. The van der Waals surface area contributed by atoms with Crippen molar-refractivity contribution in [3.8, 4) is 0 Å². The molecule has 4 N–H and O–H groups in total. The molecular weight excluding hydrogens is 340 g/mol. The SMILES string of the molecule is CCCCCCCCN=C(N)NCCS(=O)(=O)NCC1CCCCO1. The predicted molar refractivity (Wildman–Crippen MR) is 103 cm³/mol. The van der Waals surface area contributed by atoms with Crippen LogP contribution in [0.4, 0.5) is 0 Å². The quantitative estimate of drug-likeness (QED) is 0.258. The highest BCUT2D eigenvalue weighted by Gasteiger charge is 2.17. The van der Waals surface area contributed by atoms with Crippen LogP contribution in [0.1, 0.15) is 64.7 Å². The lowest BCUT2D eigenvalue weighted by molar-refractivity contribution is 0.0200.